The Kier molecular flexibility index (Phi) is 4.87. The van der Waals surface area contributed by atoms with Gasteiger partial charge in [-0.05, 0) is 31.4 Å². The van der Waals surface area contributed by atoms with Gasteiger partial charge < -0.3 is 9.84 Å². The molecule has 19 heavy (non-hydrogen) atoms. The van der Waals surface area contributed by atoms with Gasteiger partial charge in [0.25, 0.3) is 0 Å². The smallest absolute Gasteiger partial charge is 0.329 e. The second kappa shape index (κ2) is 6.63. The van der Waals surface area contributed by atoms with Gasteiger partial charge in [0.15, 0.2) is 0 Å². The molecule has 0 bridgehead atoms. The number of pyridine rings is 1. The number of aromatic nitrogens is 1. The quantitative estimate of drug-likeness (QED) is 0.872. The van der Waals surface area contributed by atoms with E-state index in [1.54, 1.807) is 0 Å². The molecular formula is C14H20N2O3. The van der Waals surface area contributed by atoms with E-state index in [1.165, 1.54) is 5.56 Å². The van der Waals surface area contributed by atoms with Gasteiger partial charge in [-0.2, -0.15) is 0 Å². The van der Waals surface area contributed by atoms with Crippen molar-refractivity contribution in [3.8, 4) is 0 Å². The summed E-state index contributed by atoms with van der Waals surface area (Å²) in [6, 6.07) is 4.13. The normalized spacial score (nSPS) is 17.5. The summed E-state index contributed by atoms with van der Waals surface area (Å²) in [6.45, 7) is 4.58. The summed E-state index contributed by atoms with van der Waals surface area (Å²) < 4.78 is 5.32. The highest BCUT2D eigenvalue weighted by atomic mass is 16.5. The van der Waals surface area contributed by atoms with Crippen LogP contribution in [0.4, 0.5) is 0 Å². The van der Waals surface area contributed by atoms with E-state index in [0.717, 1.165) is 38.2 Å². The van der Waals surface area contributed by atoms with E-state index in [9.17, 15) is 4.79 Å². The average Bonchev–Trinajstić information content (AvgIpc) is 2.40. The minimum atomic E-state index is -0.895. The van der Waals surface area contributed by atoms with E-state index in [2.05, 4.69) is 16.0 Å². The first-order chi connectivity index (χ1) is 9.13. The van der Waals surface area contributed by atoms with E-state index >= 15 is 0 Å². The van der Waals surface area contributed by atoms with Gasteiger partial charge in [-0.25, -0.2) is 4.79 Å². The van der Waals surface area contributed by atoms with Crippen LogP contribution in [0.1, 0.15) is 24.1 Å². The fraction of sp³-hybridized carbons (Fsp3) is 0.571. The van der Waals surface area contributed by atoms with Crippen molar-refractivity contribution in [1.82, 2.24) is 9.88 Å². The third kappa shape index (κ3) is 4.61. The van der Waals surface area contributed by atoms with Crippen molar-refractivity contribution in [2.45, 2.75) is 32.4 Å². The van der Waals surface area contributed by atoms with Crippen LogP contribution in [0.25, 0.3) is 0 Å². The molecule has 0 radical (unpaired) electrons. The summed E-state index contributed by atoms with van der Waals surface area (Å²) in [5, 5.41) is 8.57. The molecule has 2 heterocycles. The molecule has 5 nitrogen and oxygen atoms in total. The number of ether oxygens (including phenoxy) is 1. The number of piperidine rings is 1. The number of likely N-dealkylation sites (tertiary alicyclic amines) is 1. The maximum Gasteiger partial charge on any atom is 0.329 e. The van der Waals surface area contributed by atoms with Crippen molar-refractivity contribution in [3.05, 3.63) is 29.6 Å². The summed E-state index contributed by atoms with van der Waals surface area (Å²) >= 11 is 0. The van der Waals surface area contributed by atoms with E-state index < -0.39 is 5.97 Å². The fourth-order valence-corrected chi connectivity index (χ4v) is 2.27. The average molecular weight is 264 g/mol. The van der Waals surface area contributed by atoms with Gasteiger partial charge in [0.05, 0.1) is 6.10 Å². The van der Waals surface area contributed by atoms with Gasteiger partial charge in [-0.1, -0.05) is 6.07 Å². The van der Waals surface area contributed by atoms with E-state index in [4.69, 9.17) is 9.84 Å². The van der Waals surface area contributed by atoms with E-state index in [-0.39, 0.29) is 12.7 Å². The third-order valence-corrected chi connectivity index (χ3v) is 3.36. The molecule has 0 aromatic carbocycles. The number of rotatable bonds is 5. The predicted molar refractivity (Wildman–Crippen MR) is 70.9 cm³/mol. The number of carboxylic acids is 1. The van der Waals surface area contributed by atoms with Crippen LogP contribution in [-0.2, 0) is 16.1 Å². The Morgan fingerprint density at radius 3 is 2.79 bits per heavy atom. The zero-order valence-corrected chi connectivity index (χ0v) is 11.2. The summed E-state index contributed by atoms with van der Waals surface area (Å²) in [5.74, 6) is -0.895. The number of hydrogen-bond donors (Lipinski definition) is 1. The van der Waals surface area contributed by atoms with Crippen LogP contribution >= 0.6 is 0 Å². The molecule has 5 heteroatoms. The van der Waals surface area contributed by atoms with Gasteiger partial charge in [0.1, 0.15) is 6.61 Å². The molecule has 0 unspecified atom stereocenters. The topological polar surface area (TPSA) is 62.7 Å². The summed E-state index contributed by atoms with van der Waals surface area (Å²) in [7, 11) is 0. The molecule has 1 aliphatic rings. The molecule has 0 atom stereocenters. The number of aryl methyl sites for hydroxylation is 1. The van der Waals surface area contributed by atoms with Gasteiger partial charge >= 0.3 is 5.97 Å². The Labute approximate surface area is 113 Å². The molecule has 0 spiro atoms. The number of carboxylic acid groups (broad SMARTS) is 1. The van der Waals surface area contributed by atoms with Gasteiger partial charge in [-0.15, -0.1) is 0 Å². The highest BCUT2D eigenvalue weighted by Gasteiger charge is 2.20. The molecule has 0 aliphatic carbocycles. The van der Waals surface area contributed by atoms with Crippen LogP contribution in [-0.4, -0.2) is 46.8 Å². The van der Waals surface area contributed by atoms with Crippen molar-refractivity contribution in [2.24, 2.45) is 0 Å². The minimum absolute atomic E-state index is 0.0866. The zero-order valence-electron chi connectivity index (χ0n) is 11.2. The van der Waals surface area contributed by atoms with Crippen molar-refractivity contribution in [2.75, 3.05) is 19.7 Å². The summed E-state index contributed by atoms with van der Waals surface area (Å²) in [5.41, 5.74) is 2.25. The van der Waals surface area contributed by atoms with E-state index in [1.807, 2.05) is 19.2 Å². The Morgan fingerprint density at radius 2 is 2.21 bits per heavy atom. The number of aliphatic carboxylic acids is 1. The lowest BCUT2D eigenvalue weighted by atomic mass is 10.1. The number of carbonyl (C=O) groups is 1. The molecule has 1 N–H and O–H groups in total. The lowest BCUT2D eigenvalue weighted by Gasteiger charge is -2.31. The Bertz CT molecular complexity index is 411. The van der Waals surface area contributed by atoms with Gasteiger partial charge in [0, 0.05) is 31.5 Å². The fourth-order valence-electron chi connectivity index (χ4n) is 2.27. The molecule has 0 saturated carbocycles. The molecule has 2 rings (SSSR count). The van der Waals surface area contributed by atoms with Crippen LogP contribution in [0.3, 0.4) is 0 Å². The molecular weight excluding hydrogens is 244 g/mol. The van der Waals surface area contributed by atoms with Crippen LogP contribution < -0.4 is 0 Å². The molecule has 0 amide bonds. The second-order valence-electron chi connectivity index (χ2n) is 4.99. The van der Waals surface area contributed by atoms with Crippen LogP contribution in [0.2, 0.25) is 0 Å². The first-order valence-electron chi connectivity index (χ1n) is 6.61. The van der Waals surface area contributed by atoms with Crippen LogP contribution in [0.5, 0.6) is 0 Å². The molecule has 1 aliphatic heterocycles. The Hall–Kier alpha value is -1.46. The zero-order chi connectivity index (χ0) is 13.7. The Morgan fingerprint density at radius 1 is 1.47 bits per heavy atom. The standard InChI is InChI=1S/C14H20N2O3/c1-11-2-3-12(8-15-11)9-16-6-4-13(5-7-16)19-10-14(17)18/h2-3,8,13H,4-7,9-10H2,1H3,(H,17,18). The SMILES string of the molecule is Cc1ccc(CN2CCC(OCC(=O)O)CC2)cn1. The number of nitrogens with zero attached hydrogens (tertiary/aromatic N) is 2. The van der Waals surface area contributed by atoms with Crippen LogP contribution in [0.15, 0.2) is 18.3 Å². The number of hydrogen-bond acceptors (Lipinski definition) is 4. The van der Waals surface area contributed by atoms with Crippen molar-refractivity contribution >= 4 is 5.97 Å². The van der Waals surface area contributed by atoms with Crippen molar-refractivity contribution < 1.29 is 14.6 Å². The molecule has 1 aromatic rings. The first kappa shape index (κ1) is 14.0. The minimum Gasteiger partial charge on any atom is -0.480 e. The largest absolute Gasteiger partial charge is 0.480 e. The highest BCUT2D eigenvalue weighted by molar-refractivity contribution is 5.68. The summed E-state index contributed by atoms with van der Waals surface area (Å²) in [4.78, 5) is 17.1. The Balaban J connectivity index is 1.74. The highest BCUT2D eigenvalue weighted by Crippen LogP contribution is 2.16. The van der Waals surface area contributed by atoms with Crippen LogP contribution in [0, 0.1) is 6.92 Å². The molecule has 1 saturated heterocycles. The van der Waals surface area contributed by atoms with Gasteiger partial charge in [-0.3, -0.25) is 9.88 Å². The van der Waals surface area contributed by atoms with Crippen molar-refractivity contribution in [3.63, 3.8) is 0 Å². The molecule has 1 aromatic heterocycles. The van der Waals surface area contributed by atoms with E-state index in [0.29, 0.717) is 0 Å². The monoisotopic (exact) mass is 264 g/mol. The maximum absolute atomic E-state index is 10.4. The van der Waals surface area contributed by atoms with Gasteiger partial charge in [0.2, 0.25) is 0 Å². The maximum atomic E-state index is 10.4. The predicted octanol–water partition coefficient (Wildman–Crippen LogP) is 1.46. The van der Waals surface area contributed by atoms with Crippen molar-refractivity contribution in [1.29, 1.82) is 0 Å². The summed E-state index contributed by atoms with van der Waals surface area (Å²) in [6.07, 6.45) is 3.80. The molecule has 104 valence electrons. The third-order valence-electron chi connectivity index (χ3n) is 3.36. The lowest BCUT2D eigenvalue weighted by molar-refractivity contribution is -0.145. The second-order valence-corrected chi connectivity index (χ2v) is 4.99. The lowest BCUT2D eigenvalue weighted by Crippen LogP contribution is -2.37. The first-order valence-corrected chi connectivity index (χ1v) is 6.61. The molecule has 1 fully saturated rings.